The van der Waals surface area contributed by atoms with Crippen molar-refractivity contribution in [2.75, 3.05) is 0 Å². The van der Waals surface area contributed by atoms with E-state index >= 15 is 0 Å². The number of nitrogens with one attached hydrogen (secondary N) is 1. The van der Waals surface area contributed by atoms with E-state index in [0.717, 1.165) is 16.5 Å². The predicted molar refractivity (Wildman–Crippen MR) is 62.3 cm³/mol. The zero-order chi connectivity index (χ0) is 12.4. The summed E-state index contributed by atoms with van der Waals surface area (Å²) in [6.07, 6.45) is 1.94. The third-order valence-electron chi connectivity index (χ3n) is 2.68. The van der Waals surface area contributed by atoms with Crippen LogP contribution in [0.5, 0.6) is 0 Å². The Labute approximate surface area is 97.5 Å². The highest BCUT2D eigenvalue weighted by Crippen LogP contribution is 2.22. The highest BCUT2D eigenvalue weighted by atomic mass is 16.4. The first-order valence-electron chi connectivity index (χ1n) is 5.11. The van der Waals surface area contributed by atoms with Crippen LogP contribution in [0, 0.1) is 11.3 Å². The number of rotatable bonds is 3. The number of carboxylic acid groups (broad SMARTS) is 1. The fraction of sp³-hybridized carbons (Fsp3) is 0.167. The van der Waals surface area contributed by atoms with Gasteiger partial charge in [-0.1, -0.05) is 12.1 Å². The van der Waals surface area contributed by atoms with Crippen LogP contribution in [0.3, 0.4) is 0 Å². The molecule has 86 valence electrons. The van der Waals surface area contributed by atoms with Crippen molar-refractivity contribution in [3.05, 3.63) is 35.5 Å². The smallest absolute Gasteiger partial charge is 0.320 e. The number of carboxylic acids is 1. The predicted octanol–water partition coefficient (Wildman–Crippen LogP) is 0.994. The molecule has 0 fully saturated rings. The minimum absolute atomic E-state index is 0.240. The van der Waals surface area contributed by atoms with Crippen LogP contribution in [-0.2, 0) is 11.2 Å². The highest BCUT2D eigenvalue weighted by Gasteiger charge is 2.15. The summed E-state index contributed by atoms with van der Waals surface area (Å²) in [6, 6.07) is 6.47. The lowest BCUT2D eigenvalue weighted by Crippen LogP contribution is -2.32. The summed E-state index contributed by atoms with van der Waals surface area (Å²) in [4.78, 5) is 13.7. The Morgan fingerprint density at radius 3 is 3.00 bits per heavy atom. The molecule has 0 radical (unpaired) electrons. The van der Waals surface area contributed by atoms with Crippen molar-refractivity contribution in [3.8, 4) is 6.07 Å². The van der Waals surface area contributed by atoms with E-state index in [4.69, 9.17) is 16.1 Å². The van der Waals surface area contributed by atoms with Crippen LogP contribution in [0.4, 0.5) is 0 Å². The van der Waals surface area contributed by atoms with Crippen molar-refractivity contribution in [2.24, 2.45) is 5.73 Å². The van der Waals surface area contributed by atoms with E-state index < -0.39 is 12.0 Å². The largest absolute Gasteiger partial charge is 0.480 e. The van der Waals surface area contributed by atoms with Gasteiger partial charge in [-0.25, -0.2) is 0 Å². The molecule has 2 rings (SSSR count). The van der Waals surface area contributed by atoms with Crippen molar-refractivity contribution in [3.63, 3.8) is 0 Å². The molecule has 1 aromatic heterocycles. The molecule has 4 N–H and O–H groups in total. The second kappa shape index (κ2) is 4.28. The number of fused-ring (bicyclic) bond motifs is 1. The number of aromatic amines is 1. The first-order valence-corrected chi connectivity index (χ1v) is 5.11. The summed E-state index contributed by atoms with van der Waals surface area (Å²) >= 11 is 0. The molecule has 0 amide bonds. The van der Waals surface area contributed by atoms with Crippen LogP contribution < -0.4 is 5.73 Å². The first-order chi connectivity index (χ1) is 8.13. The Bertz CT molecular complexity index is 610. The van der Waals surface area contributed by atoms with Gasteiger partial charge < -0.3 is 15.8 Å². The molecule has 0 aliphatic rings. The van der Waals surface area contributed by atoms with Gasteiger partial charge >= 0.3 is 5.97 Å². The molecule has 0 aliphatic carbocycles. The summed E-state index contributed by atoms with van der Waals surface area (Å²) in [5.41, 5.74) is 7.57. The molecule has 1 atom stereocenters. The fourth-order valence-electron chi connectivity index (χ4n) is 1.80. The number of nitrogens with zero attached hydrogens (tertiary/aromatic N) is 1. The number of benzene rings is 1. The Hall–Kier alpha value is -2.32. The van der Waals surface area contributed by atoms with Crippen LogP contribution in [0.25, 0.3) is 10.9 Å². The molecule has 0 bridgehead atoms. The molecule has 5 nitrogen and oxygen atoms in total. The van der Waals surface area contributed by atoms with Crippen molar-refractivity contribution in [2.45, 2.75) is 12.5 Å². The maximum absolute atomic E-state index is 10.7. The number of H-pyrrole nitrogens is 1. The molecule has 0 spiro atoms. The van der Waals surface area contributed by atoms with E-state index in [2.05, 4.69) is 11.1 Å². The van der Waals surface area contributed by atoms with Gasteiger partial charge in [0.1, 0.15) is 12.1 Å². The molecule has 0 saturated heterocycles. The Kier molecular flexibility index (Phi) is 2.81. The second-order valence-corrected chi connectivity index (χ2v) is 3.80. The Balaban J connectivity index is 2.44. The maximum atomic E-state index is 10.7. The number of carbonyl (C=O) groups is 1. The Morgan fingerprint density at radius 1 is 1.59 bits per heavy atom. The molecule has 1 unspecified atom stereocenters. The third-order valence-corrected chi connectivity index (χ3v) is 2.68. The lowest BCUT2D eigenvalue weighted by Gasteiger charge is -2.04. The molecule has 1 aromatic carbocycles. The normalized spacial score (nSPS) is 12.2. The van der Waals surface area contributed by atoms with Crippen molar-refractivity contribution >= 4 is 16.9 Å². The summed E-state index contributed by atoms with van der Waals surface area (Å²) in [5.74, 6) is -1.03. The van der Waals surface area contributed by atoms with Crippen molar-refractivity contribution in [1.82, 2.24) is 4.98 Å². The quantitative estimate of drug-likeness (QED) is 0.730. The number of hydrogen-bond acceptors (Lipinski definition) is 3. The van der Waals surface area contributed by atoms with Crippen LogP contribution in [0.1, 0.15) is 11.1 Å². The van der Waals surface area contributed by atoms with Gasteiger partial charge in [-0.2, -0.15) is 5.26 Å². The van der Waals surface area contributed by atoms with E-state index in [9.17, 15) is 4.79 Å². The van der Waals surface area contributed by atoms with E-state index in [0.29, 0.717) is 5.56 Å². The van der Waals surface area contributed by atoms with Gasteiger partial charge in [0.25, 0.3) is 0 Å². The minimum atomic E-state index is -1.03. The molecular weight excluding hydrogens is 218 g/mol. The Morgan fingerprint density at radius 2 is 2.35 bits per heavy atom. The highest BCUT2D eigenvalue weighted by molar-refractivity contribution is 5.88. The number of para-hydroxylation sites is 1. The fourth-order valence-corrected chi connectivity index (χ4v) is 1.80. The zero-order valence-electron chi connectivity index (χ0n) is 8.97. The molecule has 0 aliphatic heterocycles. The topological polar surface area (TPSA) is 103 Å². The van der Waals surface area contributed by atoms with Gasteiger partial charge in [-0.3, -0.25) is 4.79 Å². The van der Waals surface area contributed by atoms with Gasteiger partial charge in [0.15, 0.2) is 0 Å². The van der Waals surface area contributed by atoms with E-state index in [1.807, 2.05) is 6.07 Å². The first kappa shape index (κ1) is 11.2. The maximum Gasteiger partial charge on any atom is 0.320 e. The zero-order valence-corrected chi connectivity index (χ0v) is 8.97. The number of hydrogen-bond donors (Lipinski definition) is 3. The van der Waals surface area contributed by atoms with E-state index in [1.165, 1.54) is 0 Å². The number of aliphatic carboxylic acids is 1. The molecule has 2 aromatic rings. The summed E-state index contributed by atoms with van der Waals surface area (Å²) in [7, 11) is 0. The van der Waals surface area contributed by atoms with Gasteiger partial charge in [-0.05, 0) is 11.6 Å². The number of nitrogens with two attached hydrogens (primary N) is 1. The number of nitriles is 1. The lowest BCUT2D eigenvalue weighted by atomic mass is 10.0. The van der Waals surface area contributed by atoms with Crippen LogP contribution >= 0.6 is 0 Å². The summed E-state index contributed by atoms with van der Waals surface area (Å²) in [6.45, 7) is 0. The van der Waals surface area contributed by atoms with Gasteiger partial charge in [0.05, 0.1) is 11.1 Å². The summed E-state index contributed by atoms with van der Waals surface area (Å²) in [5, 5.41) is 18.5. The van der Waals surface area contributed by atoms with Crippen molar-refractivity contribution in [1.29, 1.82) is 5.26 Å². The lowest BCUT2D eigenvalue weighted by molar-refractivity contribution is -0.138. The summed E-state index contributed by atoms with van der Waals surface area (Å²) < 4.78 is 0. The minimum Gasteiger partial charge on any atom is -0.480 e. The average Bonchev–Trinajstić information content (AvgIpc) is 2.72. The van der Waals surface area contributed by atoms with Crippen LogP contribution in [0.2, 0.25) is 0 Å². The second-order valence-electron chi connectivity index (χ2n) is 3.80. The molecule has 0 saturated carbocycles. The van der Waals surface area contributed by atoms with Gasteiger partial charge in [0.2, 0.25) is 0 Å². The number of aromatic nitrogens is 1. The molecule has 1 heterocycles. The van der Waals surface area contributed by atoms with Gasteiger partial charge in [0, 0.05) is 18.0 Å². The average molecular weight is 229 g/mol. The molecular formula is C12H11N3O2. The van der Waals surface area contributed by atoms with E-state index in [-0.39, 0.29) is 6.42 Å². The van der Waals surface area contributed by atoms with Crippen LogP contribution in [0.15, 0.2) is 24.4 Å². The van der Waals surface area contributed by atoms with E-state index in [1.54, 1.807) is 18.3 Å². The van der Waals surface area contributed by atoms with Gasteiger partial charge in [-0.15, -0.1) is 0 Å². The molecule has 17 heavy (non-hydrogen) atoms. The molecule has 5 heteroatoms. The third kappa shape index (κ3) is 1.98. The monoisotopic (exact) mass is 229 g/mol. The SMILES string of the molecule is N#Cc1cccc2c(CC(N)C(=O)O)c[nH]c12. The van der Waals surface area contributed by atoms with Crippen molar-refractivity contribution < 1.29 is 9.90 Å². The van der Waals surface area contributed by atoms with Crippen LogP contribution in [-0.4, -0.2) is 22.1 Å². The standard InChI is InChI=1S/C12H11N3O2/c13-5-7-2-1-3-9-8(6-15-11(7)9)4-10(14)12(16)17/h1-3,6,10,15H,4,14H2,(H,16,17).